The van der Waals surface area contributed by atoms with Crippen molar-refractivity contribution in [2.45, 2.75) is 11.8 Å². The molecule has 0 atom stereocenters. The summed E-state index contributed by atoms with van der Waals surface area (Å²) in [7, 11) is -3.91. The van der Waals surface area contributed by atoms with Crippen molar-refractivity contribution >= 4 is 15.7 Å². The average molecular weight is 279 g/mol. The van der Waals surface area contributed by atoms with Gasteiger partial charge in [0, 0.05) is 18.9 Å². The number of rotatable bonds is 6. The van der Waals surface area contributed by atoms with Gasteiger partial charge in [-0.2, -0.15) is 14.8 Å². The van der Waals surface area contributed by atoms with Crippen molar-refractivity contribution in [3.8, 4) is 12.1 Å². The topological polar surface area (TPSA) is 110 Å². The van der Waals surface area contributed by atoms with Gasteiger partial charge in [0.25, 0.3) is 0 Å². The van der Waals surface area contributed by atoms with Crippen LogP contribution in [-0.2, 0) is 10.0 Å². The van der Waals surface area contributed by atoms with Crippen molar-refractivity contribution < 1.29 is 8.42 Å². The summed E-state index contributed by atoms with van der Waals surface area (Å²) in [5.74, 6) is 0. The van der Waals surface area contributed by atoms with Crippen LogP contribution in [0.4, 0.5) is 5.69 Å². The number of pyridine rings is 1. The molecule has 0 amide bonds. The predicted molar refractivity (Wildman–Crippen MR) is 68.4 cm³/mol. The van der Waals surface area contributed by atoms with Gasteiger partial charge in [0.2, 0.25) is 10.0 Å². The summed E-state index contributed by atoms with van der Waals surface area (Å²) < 4.78 is 25.5. The Bertz CT molecular complexity index is 599. The van der Waals surface area contributed by atoms with Crippen LogP contribution in [0.1, 0.15) is 6.92 Å². The molecule has 0 bridgehead atoms. The fraction of sp³-hybridized carbons (Fsp3) is 0.364. The molecule has 19 heavy (non-hydrogen) atoms. The number of nitriles is 2. The van der Waals surface area contributed by atoms with Crippen LogP contribution in [0.5, 0.6) is 0 Å². The van der Waals surface area contributed by atoms with E-state index in [0.29, 0.717) is 12.2 Å². The van der Waals surface area contributed by atoms with E-state index in [9.17, 15) is 8.42 Å². The Morgan fingerprint density at radius 3 is 2.53 bits per heavy atom. The lowest BCUT2D eigenvalue weighted by Crippen LogP contribution is -2.32. The number of hydrogen-bond donors (Lipinski definition) is 1. The van der Waals surface area contributed by atoms with Crippen molar-refractivity contribution in [3.63, 3.8) is 0 Å². The minimum Gasteiger partial charge on any atom is -0.384 e. The van der Waals surface area contributed by atoms with Crippen molar-refractivity contribution in [1.82, 2.24) is 9.29 Å². The summed E-state index contributed by atoms with van der Waals surface area (Å²) in [5, 5.41) is 20.2. The second kappa shape index (κ2) is 6.69. The van der Waals surface area contributed by atoms with Gasteiger partial charge in [-0.1, -0.05) is 0 Å². The number of anilines is 1. The molecule has 0 aliphatic rings. The van der Waals surface area contributed by atoms with E-state index in [2.05, 4.69) is 10.3 Å². The Kier molecular flexibility index (Phi) is 5.24. The first-order valence-electron chi connectivity index (χ1n) is 5.49. The lowest BCUT2D eigenvalue weighted by atomic mass is 10.4. The smallest absolute Gasteiger partial charge is 0.248 e. The Hall–Kier alpha value is -2.16. The number of aromatic nitrogens is 1. The van der Waals surface area contributed by atoms with Crippen molar-refractivity contribution in [2.75, 3.05) is 25.0 Å². The molecule has 0 saturated heterocycles. The number of nitrogens with one attached hydrogen (secondary N) is 1. The molecule has 1 heterocycles. The van der Waals surface area contributed by atoms with E-state index >= 15 is 0 Å². The summed E-state index contributed by atoms with van der Waals surface area (Å²) in [6.07, 6.45) is 2.67. The van der Waals surface area contributed by atoms with Gasteiger partial charge in [-0.25, -0.2) is 8.42 Å². The van der Waals surface area contributed by atoms with Gasteiger partial charge in [-0.15, -0.1) is 0 Å². The second-order valence-corrected chi connectivity index (χ2v) is 5.40. The molecule has 1 aromatic rings. The maximum absolute atomic E-state index is 12.4. The highest BCUT2D eigenvalue weighted by molar-refractivity contribution is 7.89. The van der Waals surface area contributed by atoms with E-state index in [1.165, 1.54) is 18.5 Å². The molecule has 0 aliphatic carbocycles. The number of hydrogen-bond acceptors (Lipinski definition) is 6. The zero-order valence-electron chi connectivity index (χ0n) is 10.4. The largest absolute Gasteiger partial charge is 0.384 e. The monoisotopic (exact) mass is 279 g/mol. The van der Waals surface area contributed by atoms with Crippen LogP contribution in [0.2, 0.25) is 0 Å². The second-order valence-electron chi connectivity index (χ2n) is 3.49. The highest BCUT2D eigenvalue weighted by Gasteiger charge is 2.26. The molecule has 1 rings (SSSR count). The molecular formula is C11H13N5O2S. The van der Waals surface area contributed by atoms with E-state index in [1.807, 2.05) is 6.92 Å². The lowest BCUT2D eigenvalue weighted by Gasteiger charge is -2.18. The van der Waals surface area contributed by atoms with Gasteiger partial charge >= 0.3 is 0 Å². The molecule has 0 fully saturated rings. The third kappa shape index (κ3) is 3.41. The van der Waals surface area contributed by atoms with Crippen LogP contribution in [0.25, 0.3) is 0 Å². The Morgan fingerprint density at radius 1 is 1.37 bits per heavy atom. The summed E-state index contributed by atoms with van der Waals surface area (Å²) in [4.78, 5) is 3.75. The van der Waals surface area contributed by atoms with E-state index in [4.69, 9.17) is 10.5 Å². The molecule has 0 spiro atoms. The van der Waals surface area contributed by atoms with Crippen LogP contribution in [0.3, 0.4) is 0 Å². The standard InChI is InChI=1S/C11H13N5O2S/c1-2-15-10-3-6-14-9-11(10)19(17,18)16(7-4-12)8-5-13/h3,6,9H,2,7-8H2,1H3,(H,14,15). The SMILES string of the molecule is CCNc1ccncc1S(=O)(=O)N(CC#N)CC#N. The molecule has 1 aromatic heterocycles. The Labute approximate surface area is 112 Å². The molecule has 0 saturated carbocycles. The van der Waals surface area contributed by atoms with Crippen LogP contribution >= 0.6 is 0 Å². The zero-order valence-corrected chi connectivity index (χ0v) is 11.2. The molecule has 0 aliphatic heterocycles. The summed E-state index contributed by atoms with van der Waals surface area (Å²) in [5.41, 5.74) is 0.401. The fourth-order valence-corrected chi connectivity index (χ4v) is 2.79. The molecule has 100 valence electrons. The minimum atomic E-state index is -3.91. The average Bonchev–Trinajstić information content (AvgIpc) is 2.39. The highest BCUT2D eigenvalue weighted by Crippen LogP contribution is 2.23. The van der Waals surface area contributed by atoms with Gasteiger partial charge in [0.15, 0.2) is 0 Å². The predicted octanol–water partition coefficient (Wildman–Crippen LogP) is 0.551. The lowest BCUT2D eigenvalue weighted by molar-refractivity contribution is 0.479. The van der Waals surface area contributed by atoms with Crippen molar-refractivity contribution in [2.24, 2.45) is 0 Å². The molecular weight excluding hydrogens is 266 g/mol. The highest BCUT2D eigenvalue weighted by atomic mass is 32.2. The maximum atomic E-state index is 12.4. The first-order chi connectivity index (χ1) is 9.07. The molecule has 0 unspecified atom stereocenters. The van der Waals surface area contributed by atoms with E-state index in [1.54, 1.807) is 12.1 Å². The third-order valence-electron chi connectivity index (χ3n) is 2.26. The zero-order chi connectivity index (χ0) is 14.3. The molecule has 8 heteroatoms. The maximum Gasteiger partial charge on any atom is 0.248 e. The molecule has 0 radical (unpaired) electrons. The first-order valence-corrected chi connectivity index (χ1v) is 6.93. The first kappa shape index (κ1) is 14.9. The fourth-order valence-electron chi connectivity index (χ4n) is 1.44. The normalized spacial score (nSPS) is 10.7. The molecule has 1 N–H and O–H groups in total. The Morgan fingerprint density at radius 2 is 2.00 bits per heavy atom. The summed E-state index contributed by atoms with van der Waals surface area (Å²) in [6, 6.07) is 5.00. The Balaban J connectivity index is 3.26. The van der Waals surface area contributed by atoms with Crippen LogP contribution in [0.15, 0.2) is 23.4 Å². The van der Waals surface area contributed by atoms with Gasteiger partial charge in [0.1, 0.15) is 18.0 Å². The van der Waals surface area contributed by atoms with Crippen LogP contribution < -0.4 is 5.32 Å². The van der Waals surface area contributed by atoms with E-state index < -0.39 is 10.0 Å². The number of sulfonamides is 1. The van der Waals surface area contributed by atoms with Gasteiger partial charge in [-0.3, -0.25) is 4.98 Å². The quantitative estimate of drug-likeness (QED) is 0.761. The van der Waals surface area contributed by atoms with Crippen LogP contribution in [-0.4, -0.2) is 37.3 Å². The van der Waals surface area contributed by atoms with E-state index in [0.717, 1.165) is 4.31 Å². The molecule has 0 aromatic carbocycles. The van der Waals surface area contributed by atoms with Gasteiger partial charge in [-0.05, 0) is 13.0 Å². The summed E-state index contributed by atoms with van der Waals surface area (Å²) in [6.45, 7) is 1.62. The molecule has 7 nitrogen and oxygen atoms in total. The number of nitrogens with zero attached hydrogens (tertiary/aromatic N) is 4. The van der Waals surface area contributed by atoms with Crippen LogP contribution in [0, 0.1) is 22.7 Å². The third-order valence-corrected chi connectivity index (χ3v) is 4.08. The van der Waals surface area contributed by atoms with Crippen molar-refractivity contribution in [3.05, 3.63) is 18.5 Å². The van der Waals surface area contributed by atoms with E-state index in [-0.39, 0.29) is 18.0 Å². The van der Waals surface area contributed by atoms with Crippen molar-refractivity contribution in [1.29, 1.82) is 10.5 Å². The minimum absolute atomic E-state index is 0.0395. The summed E-state index contributed by atoms with van der Waals surface area (Å²) >= 11 is 0. The van der Waals surface area contributed by atoms with Gasteiger partial charge < -0.3 is 5.32 Å². The van der Waals surface area contributed by atoms with Gasteiger partial charge in [0.05, 0.1) is 17.8 Å².